The molecule has 0 aliphatic heterocycles. The van der Waals surface area contributed by atoms with Gasteiger partial charge in [-0.3, -0.25) is 0 Å². The van der Waals surface area contributed by atoms with Gasteiger partial charge in [0.15, 0.2) is 0 Å². The predicted molar refractivity (Wildman–Crippen MR) is 79.1 cm³/mol. The number of nitrogens with two attached hydrogens (primary N) is 1. The van der Waals surface area contributed by atoms with Gasteiger partial charge in [0, 0.05) is 12.1 Å². The van der Waals surface area contributed by atoms with Crippen LogP contribution in [0.1, 0.15) is 29.4 Å². The molecule has 2 rings (SSSR count). The van der Waals surface area contributed by atoms with E-state index in [1.807, 2.05) is 13.8 Å². The van der Waals surface area contributed by atoms with E-state index >= 15 is 0 Å². The molecule has 0 saturated heterocycles. The molecular weight excluding hydrogens is 236 g/mol. The average molecular weight is 256 g/mol. The summed E-state index contributed by atoms with van der Waals surface area (Å²) in [4.78, 5) is 8.55. The second kappa shape index (κ2) is 5.69. The first-order valence-electron chi connectivity index (χ1n) is 6.53. The zero-order valence-electron chi connectivity index (χ0n) is 11.7. The SMILES string of the molecule is CCc1ccccc1CNc1nc(C)nc(N)c1C. The molecular formula is C15H20N4. The maximum Gasteiger partial charge on any atom is 0.135 e. The lowest BCUT2D eigenvalue weighted by atomic mass is 10.1. The van der Waals surface area contributed by atoms with E-state index in [9.17, 15) is 0 Å². The summed E-state index contributed by atoms with van der Waals surface area (Å²) in [5, 5.41) is 3.35. The van der Waals surface area contributed by atoms with Crippen LogP contribution in [0.2, 0.25) is 0 Å². The van der Waals surface area contributed by atoms with Crippen LogP contribution in [0.25, 0.3) is 0 Å². The van der Waals surface area contributed by atoms with Gasteiger partial charge in [0.1, 0.15) is 17.5 Å². The highest BCUT2D eigenvalue weighted by Crippen LogP contribution is 2.18. The number of nitrogens with zero attached hydrogens (tertiary/aromatic N) is 2. The molecule has 4 heteroatoms. The monoisotopic (exact) mass is 256 g/mol. The lowest BCUT2D eigenvalue weighted by Crippen LogP contribution is -2.09. The fraction of sp³-hybridized carbons (Fsp3) is 0.333. The van der Waals surface area contributed by atoms with Crippen molar-refractivity contribution in [3.8, 4) is 0 Å². The lowest BCUT2D eigenvalue weighted by molar-refractivity contribution is 0.992. The van der Waals surface area contributed by atoms with Crippen LogP contribution in [0.15, 0.2) is 24.3 Å². The minimum absolute atomic E-state index is 0.541. The standard InChI is InChI=1S/C15H20N4/c1-4-12-7-5-6-8-13(12)9-17-15-10(2)14(16)18-11(3)19-15/h5-8H,4,9H2,1-3H3,(H3,16,17,18,19). The molecule has 0 saturated carbocycles. The van der Waals surface area contributed by atoms with Crippen LogP contribution in [0.4, 0.5) is 11.6 Å². The summed E-state index contributed by atoms with van der Waals surface area (Å²) in [5.41, 5.74) is 9.40. The number of hydrogen-bond acceptors (Lipinski definition) is 4. The summed E-state index contributed by atoms with van der Waals surface area (Å²) in [6.45, 7) is 6.70. The van der Waals surface area contributed by atoms with Crippen LogP contribution in [0.3, 0.4) is 0 Å². The van der Waals surface area contributed by atoms with E-state index in [2.05, 4.69) is 46.5 Å². The molecule has 100 valence electrons. The van der Waals surface area contributed by atoms with Crippen molar-refractivity contribution in [1.29, 1.82) is 0 Å². The molecule has 0 fully saturated rings. The Morgan fingerprint density at radius 2 is 1.79 bits per heavy atom. The van der Waals surface area contributed by atoms with Crippen LogP contribution in [-0.4, -0.2) is 9.97 Å². The molecule has 0 unspecified atom stereocenters. The summed E-state index contributed by atoms with van der Waals surface area (Å²) >= 11 is 0. The molecule has 3 N–H and O–H groups in total. The van der Waals surface area contributed by atoms with Crippen molar-refractivity contribution in [2.45, 2.75) is 33.7 Å². The van der Waals surface area contributed by atoms with Crippen LogP contribution in [-0.2, 0) is 13.0 Å². The van der Waals surface area contributed by atoms with Gasteiger partial charge in [-0.05, 0) is 31.4 Å². The van der Waals surface area contributed by atoms with E-state index in [1.165, 1.54) is 11.1 Å². The topological polar surface area (TPSA) is 63.8 Å². The van der Waals surface area contributed by atoms with Crippen molar-refractivity contribution in [3.63, 3.8) is 0 Å². The van der Waals surface area contributed by atoms with Crippen molar-refractivity contribution in [1.82, 2.24) is 9.97 Å². The highest BCUT2D eigenvalue weighted by Gasteiger charge is 2.07. The molecule has 0 amide bonds. The van der Waals surface area contributed by atoms with Crippen molar-refractivity contribution >= 4 is 11.6 Å². The Morgan fingerprint density at radius 1 is 1.11 bits per heavy atom. The number of benzene rings is 1. The minimum Gasteiger partial charge on any atom is -0.383 e. The molecule has 0 atom stereocenters. The summed E-state index contributed by atoms with van der Waals surface area (Å²) in [6, 6.07) is 8.42. The highest BCUT2D eigenvalue weighted by molar-refractivity contribution is 5.55. The number of aryl methyl sites for hydroxylation is 2. The van der Waals surface area contributed by atoms with Crippen LogP contribution in [0.5, 0.6) is 0 Å². The van der Waals surface area contributed by atoms with Gasteiger partial charge in [0.2, 0.25) is 0 Å². The number of hydrogen-bond donors (Lipinski definition) is 2. The summed E-state index contributed by atoms with van der Waals surface area (Å²) in [7, 11) is 0. The van der Waals surface area contributed by atoms with Crippen molar-refractivity contribution in [2.75, 3.05) is 11.1 Å². The fourth-order valence-corrected chi connectivity index (χ4v) is 2.08. The average Bonchev–Trinajstić information content (AvgIpc) is 2.41. The Bertz CT molecular complexity index is 578. The van der Waals surface area contributed by atoms with Crippen LogP contribution >= 0.6 is 0 Å². The van der Waals surface area contributed by atoms with Crippen molar-refractivity contribution in [2.24, 2.45) is 0 Å². The Balaban J connectivity index is 2.19. The van der Waals surface area contributed by atoms with Gasteiger partial charge in [0.05, 0.1) is 0 Å². The van der Waals surface area contributed by atoms with Gasteiger partial charge in [-0.1, -0.05) is 31.2 Å². The molecule has 1 heterocycles. The maximum atomic E-state index is 5.86. The predicted octanol–water partition coefficient (Wildman–Crippen LogP) is 2.85. The molecule has 4 nitrogen and oxygen atoms in total. The summed E-state index contributed by atoms with van der Waals surface area (Å²) in [5.74, 6) is 2.05. The van der Waals surface area contributed by atoms with Gasteiger partial charge in [-0.15, -0.1) is 0 Å². The molecule has 0 radical (unpaired) electrons. The molecule has 0 spiro atoms. The molecule has 19 heavy (non-hydrogen) atoms. The number of anilines is 2. The first-order valence-corrected chi connectivity index (χ1v) is 6.53. The smallest absolute Gasteiger partial charge is 0.135 e. The van der Waals surface area contributed by atoms with Gasteiger partial charge in [-0.2, -0.15) is 0 Å². The zero-order valence-corrected chi connectivity index (χ0v) is 11.7. The van der Waals surface area contributed by atoms with E-state index in [1.54, 1.807) is 0 Å². The van der Waals surface area contributed by atoms with Crippen molar-refractivity contribution in [3.05, 3.63) is 46.8 Å². The molecule has 0 aliphatic rings. The Labute approximate surface area is 114 Å². The second-order valence-electron chi connectivity index (χ2n) is 4.61. The Kier molecular flexibility index (Phi) is 4.00. The lowest BCUT2D eigenvalue weighted by Gasteiger charge is -2.12. The van der Waals surface area contributed by atoms with Gasteiger partial charge in [-0.25, -0.2) is 9.97 Å². The van der Waals surface area contributed by atoms with E-state index in [4.69, 9.17) is 5.73 Å². The summed E-state index contributed by atoms with van der Waals surface area (Å²) < 4.78 is 0. The number of aromatic nitrogens is 2. The van der Waals surface area contributed by atoms with Gasteiger partial charge >= 0.3 is 0 Å². The molecule has 1 aromatic carbocycles. The Hall–Kier alpha value is -2.10. The zero-order chi connectivity index (χ0) is 13.8. The first-order chi connectivity index (χ1) is 9.11. The number of nitrogen functional groups attached to an aromatic ring is 1. The third-order valence-corrected chi connectivity index (χ3v) is 3.24. The first kappa shape index (κ1) is 13.3. The van der Waals surface area contributed by atoms with Crippen LogP contribution < -0.4 is 11.1 Å². The molecule has 0 aliphatic carbocycles. The maximum absolute atomic E-state index is 5.86. The quantitative estimate of drug-likeness (QED) is 0.883. The van der Waals surface area contributed by atoms with Crippen molar-refractivity contribution < 1.29 is 0 Å². The normalized spacial score (nSPS) is 10.5. The second-order valence-corrected chi connectivity index (χ2v) is 4.61. The third kappa shape index (κ3) is 3.02. The van der Waals surface area contributed by atoms with E-state index in [-0.39, 0.29) is 0 Å². The molecule has 1 aromatic heterocycles. The van der Waals surface area contributed by atoms with Gasteiger partial charge in [0.25, 0.3) is 0 Å². The van der Waals surface area contributed by atoms with E-state index < -0.39 is 0 Å². The fourth-order valence-electron chi connectivity index (χ4n) is 2.08. The molecule has 2 aromatic rings. The minimum atomic E-state index is 0.541. The van der Waals surface area contributed by atoms with E-state index in [0.717, 1.165) is 24.3 Å². The van der Waals surface area contributed by atoms with Crippen LogP contribution in [0, 0.1) is 13.8 Å². The molecule has 0 bridgehead atoms. The number of rotatable bonds is 4. The van der Waals surface area contributed by atoms with Gasteiger partial charge < -0.3 is 11.1 Å². The third-order valence-electron chi connectivity index (χ3n) is 3.24. The largest absolute Gasteiger partial charge is 0.383 e. The Morgan fingerprint density at radius 3 is 2.47 bits per heavy atom. The van der Waals surface area contributed by atoms with E-state index in [0.29, 0.717) is 11.6 Å². The summed E-state index contributed by atoms with van der Waals surface area (Å²) in [6.07, 6.45) is 1.03. The number of nitrogens with one attached hydrogen (secondary N) is 1. The highest BCUT2D eigenvalue weighted by atomic mass is 15.0.